The van der Waals surface area contributed by atoms with Crippen molar-refractivity contribution in [3.63, 3.8) is 0 Å². The highest BCUT2D eigenvalue weighted by molar-refractivity contribution is 5.83. The summed E-state index contributed by atoms with van der Waals surface area (Å²) < 4.78 is 0. The van der Waals surface area contributed by atoms with Gasteiger partial charge in [-0.25, -0.2) is 0 Å². The zero-order valence-corrected chi connectivity index (χ0v) is 20.6. The summed E-state index contributed by atoms with van der Waals surface area (Å²) in [6.07, 6.45) is 8.74. The summed E-state index contributed by atoms with van der Waals surface area (Å²) in [5.74, 6) is 0.257. The van der Waals surface area contributed by atoms with Gasteiger partial charge >= 0.3 is 0 Å². The highest BCUT2D eigenvalue weighted by Gasteiger charge is 2.47. The van der Waals surface area contributed by atoms with Gasteiger partial charge in [-0.3, -0.25) is 4.79 Å². The van der Waals surface area contributed by atoms with Crippen LogP contribution in [0.1, 0.15) is 120 Å². The molecule has 0 unspecified atom stereocenters. The maximum absolute atomic E-state index is 14.0. The van der Waals surface area contributed by atoms with E-state index in [-0.39, 0.29) is 22.5 Å². The molecule has 1 amide bonds. The highest BCUT2D eigenvalue weighted by atomic mass is 16.2. The van der Waals surface area contributed by atoms with Crippen LogP contribution in [0.25, 0.3) is 0 Å². The fourth-order valence-corrected chi connectivity index (χ4v) is 4.87. The summed E-state index contributed by atoms with van der Waals surface area (Å²) in [4.78, 5) is 16.1. The van der Waals surface area contributed by atoms with Crippen molar-refractivity contribution in [3.05, 3.63) is 0 Å². The molecular formula is C24H51N3O. The summed E-state index contributed by atoms with van der Waals surface area (Å²) in [7, 11) is 2.01. The number of carbonyl (C=O) groups excluding carboxylic acids is 1. The third-order valence-corrected chi connectivity index (χ3v) is 8.33. The first-order chi connectivity index (χ1) is 13.0. The molecule has 0 rings (SSSR count). The summed E-state index contributed by atoms with van der Waals surface area (Å²) in [6.45, 7) is 17.3. The second-order valence-corrected chi connectivity index (χ2v) is 9.28. The Kier molecular flexibility index (Phi) is 10.7. The van der Waals surface area contributed by atoms with E-state index in [1.165, 1.54) is 0 Å². The molecule has 0 fully saturated rings. The van der Waals surface area contributed by atoms with Gasteiger partial charge < -0.3 is 16.4 Å². The van der Waals surface area contributed by atoms with Gasteiger partial charge in [-0.05, 0) is 64.2 Å². The number of hydrogen-bond donors (Lipinski definition) is 2. The number of nitrogens with zero attached hydrogens (tertiary/aromatic N) is 1. The summed E-state index contributed by atoms with van der Waals surface area (Å²) >= 11 is 0. The van der Waals surface area contributed by atoms with Crippen molar-refractivity contribution >= 4 is 5.91 Å². The maximum Gasteiger partial charge on any atom is 0.229 e. The van der Waals surface area contributed by atoms with E-state index in [9.17, 15) is 4.79 Å². The number of amides is 1. The molecule has 0 bridgehead atoms. The SMILES string of the molecule is CCC(N)(CC)CC(CC)(CC)C(=O)N(C)C(CC)(CC)CC(N)(CC)CC. The Hall–Kier alpha value is -0.610. The Morgan fingerprint density at radius 1 is 0.643 bits per heavy atom. The monoisotopic (exact) mass is 397 g/mol. The Balaban J connectivity index is 6.07. The van der Waals surface area contributed by atoms with Gasteiger partial charge in [-0.2, -0.15) is 0 Å². The van der Waals surface area contributed by atoms with Crippen LogP contribution in [0.3, 0.4) is 0 Å². The zero-order valence-electron chi connectivity index (χ0n) is 20.6. The van der Waals surface area contributed by atoms with Crippen LogP contribution in [-0.2, 0) is 4.79 Å². The lowest BCUT2D eigenvalue weighted by molar-refractivity contribution is -0.150. The summed E-state index contributed by atoms with van der Waals surface area (Å²) in [5, 5.41) is 0. The van der Waals surface area contributed by atoms with Crippen LogP contribution in [0.5, 0.6) is 0 Å². The summed E-state index contributed by atoms with van der Waals surface area (Å²) in [5.41, 5.74) is 12.3. The minimum Gasteiger partial charge on any atom is -0.340 e. The molecule has 0 atom stereocenters. The van der Waals surface area contributed by atoms with E-state index in [4.69, 9.17) is 11.5 Å². The molecule has 4 heteroatoms. The quantitative estimate of drug-likeness (QED) is 0.399. The van der Waals surface area contributed by atoms with Crippen molar-refractivity contribution in [2.24, 2.45) is 16.9 Å². The minimum absolute atomic E-state index is 0.205. The van der Waals surface area contributed by atoms with Gasteiger partial charge in [0.25, 0.3) is 0 Å². The first kappa shape index (κ1) is 27.4. The van der Waals surface area contributed by atoms with E-state index in [0.717, 1.165) is 64.2 Å². The van der Waals surface area contributed by atoms with E-state index < -0.39 is 5.41 Å². The lowest BCUT2D eigenvalue weighted by atomic mass is 9.68. The molecule has 0 aliphatic heterocycles. The van der Waals surface area contributed by atoms with Crippen molar-refractivity contribution < 1.29 is 4.79 Å². The van der Waals surface area contributed by atoms with Gasteiger partial charge in [0.2, 0.25) is 5.91 Å². The molecule has 0 saturated heterocycles. The Bertz CT molecular complexity index is 458. The van der Waals surface area contributed by atoms with E-state index in [2.05, 4.69) is 60.3 Å². The van der Waals surface area contributed by atoms with Crippen LogP contribution >= 0.6 is 0 Å². The second kappa shape index (κ2) is 11.0. The average Bonchev–Trinajstić information content (AvgIpc) is 2.74. The minimum atomic E-state index is -0.402. The lowest BCUT2D eigenvalue weighted by Gasteiger charge is -2.50. The van der Waals surface area contributed by atoms with Crippen LogP contribution in [0.2, 0.25) is 0 Å². The van der Waals surface area contributed by atoms with Crippen molar-refractivity contribution in [3.8, 4) is 0 Å². The molecule has 0 heterocycles. The molecule has 4 N–H and O–H groups in total. The largest absolute Gasteiger partial charge is 0.340 e. The molecule has 0 saturated carbocycles. The Morgan fingerprint density at radius 3 is 1.29 bits per heavy atom. The highest BCUT2D eigenvalue weighted by Crippen LogP contribution is 2.43. The van der Waals surface area contributed by atoms with Crippen LogP contribution in [0.15, 0.2) is 0 Å². The molecule has 0 radical (unpaired) electrons. The predicted octanol–water partition coefficient (Wildman–Crippen LogP) is 5.63. The molecule has 0 aliphatic rings. The molecular weight excluding hydrogens is 346 g/mol. The first-order valence-electron chi connectivity index (χ1n) is 11.8. The number of nitrogens with two attached hydrogens (primary N) is 2. The van der Waals surface area contributed by atoms with Crippen molar-refractivity contribution in [1.29, 1.82) is 0 Å². The van der Waals surface area contributed by atoms with Crippen LogP contribution in [0, 0.1) is 5.41 Å². The van der Waals surface area contributed by atoms with Crippen molar-refractivity contribution in [2.45, 2.75) is 136 Å². The molecule has 28 heavy (non-hydrogen) atoms. The predicted molar refractivity (Wildman–Crippen MR) is 123 cm³/mol. The fourth-order valence-electron chi connectivity index (χ4n) is 4.87. The Morgan fingerprint density at radius 2 is 1.00 bits per heavy atom. The summed E-state index contributed by atoms with van der Waals surface area (Å²) in [6, 6.07) is 0. The first-order valence-corrected chi connectivity index (χ1v) is 11.8. The zero-order chi connectivity index (χ0) is 22.2. The van der Waals surface area contributed by atoms with Gasteiger partial charge in [0.05, 0.1) is 5.41 Å². The van der Waals surface area contributed by atoms with Gasteiger partial charge in [0.15, 0.2) is 0 Å². The van der Waals surface area contributed by atoms with E-state index in [1.54, 1.807) is 0 Å². The molecule has 0 aromatic rings. The van der Waals surface area contributed by atoms with Gasteiger partial charge in [-0.15, -0.1) is 0 Å². The van der Waals surface area contributed by atoms with Gasteiger partial charge in [0.1, 0.15) is 0 Å². The van der Waals surface area contributed by atoms with Crippen LogP contribution in [-0.4, -0.2) is 34.5 Å². The maximum atomic E-state index is 14.0. The number of rotatable bonds is 14. The smallest absolute Gasteiger partial charge is 0.229 e. The third-order valence-electron chi connectivity index (χ3n) is 8.33. The number of hydrogen-bond acceptors (Lipinski definition) is 3. The fraction of sp³-hybridized carbons (Fsp3) is 0.958. The molecule has 0 aromatic carbocycles. The van der Waals surface area contributed by atoms with Gasteiger partial charge in [-0.1, -0.05) is 55.4 Å². The van der Waals surface area contributed by atoms with Crippen LogP contribution in [0.4, 0.5) is 0 Å². The lowest BCUT2D eigenvalue weighted by Crippen LogP contribution is -2.60. The molecule has 4 nitrogen and oxygen atoms in total. The average molecular weight is 398 g/mol. The van der Waals surface area contributed by atoms with Crippen molar-refractivity contribution in [1.82, 2.24) is 4.90 Å². The third kappa shape index (κ3) is 5.72. The topological polar surface area (TPSA) is 72.4 Å². The van der Waals surface area contributed by atoms with E-state index in [1.807, 2.05) is 7.05 Å². The van der Waals surface area contributed by atoms with Crippen LogP contribution < -0.4 is 11.5 Å². The normalized spacial score (nSPS) is 13.7. The molecule has 0 aliphatic carbocycles. The van der Waals surface area contributed by atoms with Crippen molar-refractivity contribution in [2.75, 3.05) is 7.05 Å². The second-order valence-electron chi connectivity index (χ2n) is 9.28. The molecule has 0 aromatic heterocycles. The van der Waals surface area contributed by atoms with Gasteiger partial charge in [0, 0.05) is 23.7 Å². The standard InChI is InChI=1S/C24H51N3O/c1-10-21(11-2,18-22(25,12-3)13-4)20(28)27(9)24(16-7,17-8)19-23(26,14-5)15-6/h10-19,25-26H2,1-9H3. The van der Waals surface area contributed by atoms with E-state index >= 15 is 0 Å². The number of carbonyl (C=O) groups is 1. The van der Waals surface area contributed by atoms with E-state index in [0.29, 0.717) is 0 Å². The molecule has 0 spiro atoms. The Labute approximate surface area is 176 Å². The molecule has 168 valence electrons.